The van der Waals surface area contributed by atoms with Gasteiger partial charge in [0.05, 0.1) is 12.3 Å². The zero-order chi connectivity index (χ0) is 14.9. The van der Waals surface area contributed by atoms with Crippen molar-refractivity contribution < 1.29 is 4.74 Å². The van der Waals surface area contributed by atoms with Crippen LogP contribution in [0.25, 0.3) is 10.9 Å². The molecular weight excluding hydrogens is 296 g/mol. The molecule has 1 aliphatic heterocycles. The first-order chi connectivity index (χ1) is 10.2. The van der Waals surface area contributed by atoms with E-state index in [1.54, 1.807) is 0 Å². The molecule has 1 aliphatic rings. The maximum absolute atomic E-state index is 6.26. The molecule has 2 heterocycles. The third kappa shape index (κ3) is 2.78. The number of para-hydroxylation sites is 1. The van der Waals surface area contributed by atoms with Crippen LogP contribution < -0.4 is 5.32 Å². The van der Waals surface area contributed by atoms with E-state index in [0.29, 0.717) is 0 Å². The Labute approximate surface area is 139 Å². The molecule has 1 aromatic carbocycles. The summed E-state index contributed by atoms with van der Waals surface area (Å²) >= 11 is 0. The number of nitrogens with one attached hydrogen (secondary N) is 1. The molecule has 3 nitrogen and oxygen atoms in total. The normalized spacial score (nSPS) is 20.7. The number of hydrogen-bond donors (Lipinski definition) is 1. The molecule has 0 spiro atoms. The summed E-state index contributed by atoms with van der Waals surface area (Å²) in [5, 5.41) is 4.64. The number of aromatic nitrogens is 1. The van der Waals surface area contributed by atoms with E-state index in [2.05, 4.69) is 48.0 Å². The maximum Gasteiger partial charge on any atom is 0.106 e. The van der Waals surface area contributed by atoms with Gasteiger partial charge in [-0.15, -0.1) is 12.4 Å². The van der Waals surface area contributed by atoms with Gasteiger partial charge in [0.2, 0.25) is 0 Å². The molecule has 0 saturated heterocycles. The Hall–Kier alpha value is -1.03. The number of fused-ring (bicyclic) bond motifs is 3. The number of benzene rings is 1. The van der Waals surface area contributed by atoms with Crippen LogP contribution in [0.5, 0.6) is 0 Å². The topological polar surface area (TPSA) is 26.2 Å². The van der Waals surface area contributed by atoms with Gasteiger partial charge in [-0.3, -0.25) is 0 Å². The predicted octanol–water partition coefficient (Wildman–Crippen LogP) is 3.87. The summed E-state index contributed by atoms with van der Waals surface area (Å²) in [7, 11) is 2.01. The Morgan fingerprint density at radius 3 is 2.82 bits per heavy atom. The second-order valence-electron chi connectivity index (χ2n) is 6.14. The minimum Gasteiger partial charge on any atom is -0.367 e. The van der Waals surface area contributed by atoms with Crippen molar-refractivity contribution >= 4 is 23.3 Å². The van der Waals surface area contributed by atoms with Crippen LogP contribution in [-0.4, -0.2) is 24.8 Å². The van der Waals surface area contributed by atoms with E-state index < -0.39 is 0 Å². The maximum atomic E-state index is 6.26. The zero-order valence-electron chi connectivity index (χ0n) is 13.8. The van der Waals surface area contributed by atoms with E-state index in [4.69, 9.17) is 4.74 Å². The van der Waals surface area contributed by atoms with E-state index in [1.807, 2.05) is 7.05 Å². The van der Waals surface area contributed by atoms with Crippen molar-refractivity contribution in [3.8, 4) is 0 Å². The van der Waals surface area contributed by atoms with Gasteiger partial charge in [-0.05, 0) is 51.4 Å². The summed E-state index contributed by atoms with van der Waals surface area (Å²) in [4.78, 5) is 0. The molecule has 0 saturated carbocycles. The molecule has 122 valence electrons. The van der Waals surface area contributed by atoms with Gasteiger partial charge in [-0.2, -0.15) is 0 Å². The highest BCUT2D eigenvalue weighted by Crippen LogP contribution is 2.41. The highest BCUT2D eigenvalue weighted by atomic mass is 35.5. The average Bonchev–Trinajstić information content (AvgIpc) is 2.83. The first-order valence-corrected chi connectivity index (χ1v) is 8.10. The molecule has 0 radical (unpaired) electrons. The fourth-order valence-corrected chi connectivity index (χ4v) is 3.79. The standard InChI is InChI=1S/C18H26N2O.ClH/c1-4-14-15-8-5-6-9-16(15)20-12-13-21-18(2,17(14)20)10-7-11-19-3;/h5-6,8-9,19H,4,7,10-13H2,1-3H3;1H. The van der Waals surface area contributed by atoms with Crippen LogP contribution in [0.15, 0.2) is 24.3 Å². The van der Waals surface area contributed by atoms with Gasteiger partial charge in [0, 0.05) is 17.4 Å². The van der Waals surface area contributed by atoms with Crippen molar-refractivity contribution in [2.24, 2.45) is 0 Å². The van der Waals surface area contributed by atoms with Gasteiger partial charge >= 0.3 is 0 Å². The van der Waals surface area contributed by atoms with E-state index in [-0.39, 0.29) is 18.0 Å². The van der Waals surface area contributed by atoms with Gasteiger partial charge in [-0.1, -0.05) is 25.1 Å². The molecule has 0 aliphatic carbocycles. The molecule has 1 aromatic heterocycles. The number of nitrogens with zero attached hydrogens (tertiary/aromatic N) is 1. The Balaban J connectivity index is 0.00000176. The number of rotatable bonds is 5. The van der Waals surface area contributed by atoms with Crippen LogP contribution in [0, 0.1) is 0 Å². The van der Waals surface area contributed by atoms with E-state index in [1.165, 1.54) is 22.2 Å². The van der Waals surface area contributed by atoms with Crippen molar-refractivity contribution in [3.05, 3.63) is 35.5 Å². The van der Waals surface area contributed by atoms with Crippen LogP contribution in [0.2, 0.25) is 0 Å². The lowest BCUT2D eigenvalue weighted by molar-refractivity contribution is -0.0705. The van der Waals surface area contributed by atoms with Crippen LogP contribution in [0.3, 0.4) is 0 Å². The van der Waals surface area contributed by atoms with E-state index in [9.17, 15) is 0 Å². The summed E-state index contributed by atoms with van der Waals surface area (Å²) in [6.45, 7) is 7.35. The van der Waals surface area contributed by atoms with E-state index >= 15 is 0 Å². The number of aryl methyl sites for hydroxylation is 1. The smallest absolute Gasteiger partial charge is 0.106 e. The third-order valence-electron chi connectivity index (χ3n) is 4.75. The van der Waals surface area contributed by atoms with Crippen LogP contribution in [-0.2, 0) is 23.3 Å². The highest BCUT2D eigenvalue weighted by molar-refractivity contribution is 5.86. The van der Waals surface area contributed by atoms with Crippen molar-refractivity contribution in [2.75, 3.05) is 20.2 Å². The molecule has 1 N–H and O–H groups in total. The summed E-state index contributed by atoms with van der Waals surface area (Å²) in [5.41, 5.74) is 4.10. The minimum absolute atomic E-state index is 0. The second kappa shape index (κ2) is 7.03. The molecule has 4 heteroatoms. The predicted molar refractivity (Wildman–Crippen MR) is 95.0 cm³/mol. The van der Waals surface area contributed by atoms with Crippen molar-refractivity contribution in [1.29, 1.82) is 0 Å². The fraction of sp³-hybridized carbons (Fsp3) is 0.556. The van der Waals surface area contributed by atoms with Crippen molar-refractivity contribution in [3.63, 3.8) is 0 Å². The van der Waals surface area contributed by atoms with Crippen LogP contribution >= 0.6 is 12.4 Å². The minimum atomic E-state index is -0.153. The quantitative estimate of drug-likeness (QED) is 0.846. The number of ether oxygens (including phenoxy) is 1. The van der Waals surface area contributed by atoms with Crippen molar-refractivity contribution in [2.45, 2.75) is 45.3 Å². The lowest BCUT2D eigenvalue weighted by Gasteiger charge is -2.37. The first-order valence-electron chi connectivity index (χ1n) is 8.10. The van der Waals surface area contributed by atoms with Crippen LogP contribution in [0.1, 0.15) is 37.9 Å². The molecule has 1 unspecified atom stereocenters. The Kier molecular flexibility index (Phi) is 5.54. The lowest BCUT2D eigenvalue weighted by atomic mass is 9.90. The van der Waals surface area contributed by atoms with Gasteiger partial charge < -0.3 is 14.6 Å². The molecule has 22 heavy (non-hydrogen) atoms. The van der Waals surface area contributed by atoms with Crippen molar-refractivity contribution in [1.82, 2.24) is 9.88 Å². The van der Waals surface area contributed by atoms with Gasteiger partial charge in [0.1, 0.15) is 5.60 Å². The van der Waals surface area contributed by atoms with Gasteiger partial charge in [0.25, 0.3) is 0 Å². The SMILES string of the molecule is CCc1c2n(c3ccccc13)CCOC2(C)CCCNC.Cl. The number of halogens is 1. The molecule has 1 atom stereocenters. The molecular formula is C18H27ClN2O. The summed E-state index contributed by atoms with van der Waals surface area (Å²) in [6.07, 6.45) is 3.27. The summed E-state index contributed by atoms with van der Waals surface area (Å²) in [5.74, 6) is 0. The monoisotopic (exact) mass is 322 g/mol. The molecule has 0 fully saturated rings. The van der Waals surface area contributed by atoms with Crippen LogP contribution in [0.4, 0.5) is 0 Å². The highest BCUT2D eigenvalue weighted by Gasteiger charge is 2.36. The third-order valence-corrected chi connectivity index (χ3v) is 4.75. The summed E-state index contributed by atoms with van der Waals surface area (Å²) < 4.78 is 8.76. The molecule has 2 aromatic rings. The van der Waals surface area contributed by atoms with E-state index in [0.717, 1.165) is 39.0 Å². The second-order valence-corrected chi connectivity index (χ2v) is 6.14. The molecule has 3 rings (SSSR count). The Morgan fingerprint density at radius 2 is 2.09 bits per heavy atom. The zero-order valence-corrected chi connectivity index (χ0v) is 14.6. The first kappa shape index (κ1) is 17.3. The van der Waals surface area contributed by atoms with Gasteiger partial charge in [0.15, 0.2) is 0 Å². The molecule has 0 amide bonds. The lowest BCUT2D eigenvalue weighted by Crippen LogP contribution is -2.36. The number of hydrogen-bond acceptors (Lipinski definition) is 2. The fourth-order valence-electron chi connectivity index (χ4n) is 3.79. The Morgan fingerprint density at radius 1 is 1.32 bits per heavy atom. The molecule has 0 bridgehead atoms. The summed E-state index contributed by atoms with van der Waals surface area (Å²) in [6, 6.07) is 8.79. The van der Waals surface area contributed by atoms with Gasteiger partial charge in [-0.25, -0.2) is 0 Å². The average molecular weight is 323 g/mol. The largest absolute Gasteiger partial charge is 0.367 e. The Bertz CT molecular complexity index is 604.